The van der Waals surface area contributed by atoms with Gasteiger partial charge in [-0.3, -0.25) is 9.59 Å². The Morgan fingerprint density at radius 3 is 2.17 bits per heavy atom. The molecule has 0 fully saturated rings. The van der Waals surface area contributed by atoms with Crippen molar-refractivity contribution in [2.75, 3.05) is 0 Å². The Morgan fingerprint density at radius 2 is 1.83 bits per heavy atom. The molecule has 2 amide bonds. The zero-order chi connectivity index (χ0) is 9.72. The second-order valence-corrected chi connectivity index (χ2v) is 3.29. The van der Waals surface area contributed by atoms with E-state index in [1.54, 1.807) is 6.92 Å². The molecule has 0 aromatic rings. The van der Waals surface area contributed by atoms with Gasteiger partial charge in [-0.2, -0.15) is 0 Å². The Balaban J connectivity index is 3.77. The van der Waals surface area contributed by atoms with Crippen molar-refractivity contribution in [3.05, 3.63) is 0 Å². The van der Waals surface area contributed by atoms with E-state index in [1.165, 1.54) is 0 Å². The van der Waals surface area contributed by atoms with Crippen LogP contribution >= 0.6 is 0 Å². The van der Waals surface area contributed by atoms with Crippen molar-refractivity contribution in [2.24, 2.45) is 11.7 Å². The largest absolute Gasteiger partial charge is 0.368 e. The topological polar surface area (TPSA) is 72.2 Å². The minimum atomic E-state index is -0.573. The molecule has 0 unspecified atom stereocenters. The maximum absolute atomic E-state index is 11.0. The molecule has 0 heterocycles. The van der Waals surface area contributed by atoms with Gasteiger partial charge >= 0.3 is 0 Å². The summed E-state index contributed by atoms with van der Waals surface area (Å²) in [7, 11) is 0. The van der Waals surface area contributed by atoms with Crippen molar-refractivity contribution in [2.45, 2.75) is 33.2 Å². The Hall–Kier alpha value is -1.06. The minimum absolute atomic E-state index is 0.128. The van der Waals surface area contributed by atoms with Crippen molar-refractivity contribution in [1.29, 1.82) is 0 Å². The molecule has 0 saturated carbocycles. The van der Waals surface area contributed by atoms with Gasteiger partial charge in [-0.05, 0) is 12.8 Å². The molecule has 0 spiro atoms. The minimum Gasteiger partial charge on any atom is -0.368 e. The Labute approximate surface area is 72.5 Å². The fourth-order valence-electron chi connectivity index (χ4n) is 0.742. The third-order valence-electron chi connectivity index (χ3n) is 1.40. The number of hydrogen-bond donors (Lipinski definition) is 2. The molecule has 4 nitrogen and oxygen atoms in total. The number of nitrogens with one attached hydrogen (secondary N) is 1. The van der Waals surface area contributed by atoms with E-state index < -0.39 is 11.9 Å². The van der Waals surface area contributed by atoms with E-state index in [-0.39, 0.29) is 5.91 Å². The summed E-state index contributed by atoms with van der Waals surface area (Å²) in [6.45, 7) is 5.45. The molecule has 0 saturated heterocycles. The summed E-state index contributed by atoms with van der Waals surface area (Å²) in [4.78, 5) is 21.6. The van der Waals surface area contributed by atoms with Gasteiger partial charge in [0.2, 0.25) is 11.8 Å². The van der Waals surface area contributed by atoms with E-state index in [0.29, 0.717) is 12.3 Å². The average molecular weight is 172 g/mol. The van der Waals surface area contributed by atoms with Crippen LogP contribution in [0.4, 0.5) is 0 Å². The second-order valence-electron chi connectivity index (χ2n) is 3.29. The molecular formula is C8H16N2O2. The van der Waals surface area contributed by atoms with Crippen LogP contribution in [0.5, 0.6) is 0 Å². The Bertz CT molecular complexity index is 178. The van der Waals surface area contributed by atoms with E-state index in [4.69, 9.17) is 5.73 Å². The van der Waals surface area contributed by atoms with Crippen LogP contribution in [0.1, 0.15) is 27.2 Å². The normalized spacial score (nSPS) is 12.7. The molecule has 0 aromatic carbocycles. The number of amides is 2. The Kier molecular flexibility index (Phi) is 4.33. The van der Waals surface area contributed by atoms with Gasteiger partial charge in [0.15, 0.2) is 0 Å². The highest BCUT2D eigenvalue weighted by Crippen LogP contribution is 1.98. The van der Waals surface area contributed by atoms with Gasteiger partial charge in [-0.25, -0.2) is 0 Å². The first-order valence-electron chi connectivity index (χ1n) is 4.02. The third-order valence-corrected chi connectivity index (χ3v) is 1.40. The molecule has 0 aliphatic carbocycles. The van der Waals surface area contributed by atoms with Gasteiger partial charge in [0.05, 0.1) is 0 Å². The third kappa shape index (κ3) is 4.71. The van der Waals surface area contributed by atoms with Crippen LogP contribution in [0.15, 0.2) is 0 Å². The summed E-state index contributed by atoms with van der Waals surface area (Å²) in [5.74, 6) is -0.339. The second kappa shape index (κ2) is 4.74. The van der Waals surface area contributed by atoms with Crippen LogP contribution in [-0.4, -0.2) is 17.9 Å². The molecule has 0 aliphatic rings. The number of rotatable bonds is 4. The van der Waals surface area contributed by atoms with Crippen LogP contribution in [0, 0.1) is 5.92 Å². The van der Waals surface area contributed by atoms with Crippen molar-refractivity contribution in [1.82, 2.24) is 5.32 Å². The molecule has 12 heavy (non-hydrogen) atoms. The Morgan fingerprint density at radius 1 is 1.33 bits per heavy atom. The predicted octanol–water partition coefficient (Wildman–Crippen LogP) is 0.0225. The monoisotopic (exact) mass is 172 g/mol. The zero-order valence-electron chi connectivity index (χ0n) is 7.76. The van der Waals surface area contributed by atoms with Gasteiger partial charge in [0.1, 0.15) is 6.04 Å². The summed E-state index contributed by atoms with van der Waals surface area (Å²) in [5, 5.41) is 2.50. The van der Waals surface area contributed by atoms with E-state index in [1.807, 2.05) is 13.8 Å². The molecule has 1 atom stereocenters. The maximum Gasteiger partial charge on any atom is 0.239 e. The SMILES string of the molecule is CC(C)CC(=O)N[C@H](C)C(N)=O. The van der Waals surface area contributed by atoms with Crippen LogP contribution in [0.3, 0.4) is 0 Å². The lowest BCUT2D eigenvalue weighted by molar-refractivity contribution is -0.127. The quantitative estimate of drug-likeness (QED) is 0.627. The van der Waals surface area contributed by atoms with Gasteiger partial charge in [-0.15, -0.1) is 0 Å². The highest BCUT2D eigenvalue weighted by atomic mass is 16.2. The standard InChI is InChI=1S/C8H16N2O2/c1-5(2)4-7(11)10-6(3)8(9)12/h5-6H,4H2,1-3H3,(H2,9,12)(H,10,11)/t6-/m1/s1. The van der Waals surface area contributed by atoms with Gasteiger partial charge in [0.25, 0.3) is 0 Å². The van der Waals surface area contributed by atoms with Crippen LogP contribution in [-0.2, 0) is 9.59 Å². The molecule has 0 aliphatic heterocycles. The molecule has 70 valence electrons. The first-order chi connectivity index (χ1) is 5.43. The first-order valence-corrected chi connectivity index (χ1v) is 4.02. The van der Waals surface area contributed by atoms with Crippen LogP contribution in [0.2, 0.25) is 0 Å². The maximum atomic E-state index is 11.0. The first kappa shape index (κ1) is 10.9. The van der Waals surface area contributed by atoms with Gasteiger partial charge < -0.3 is 11.1 Å². The van der Waals surface area contributed by atoms with E-state index >= 15 is 0 Å². The van der Waals surface area contributed by atoms with Crippen molar-refractivity contribution < 1.29 is 9.59 Å². The lowest BCUT2D eigenvalue weighted by Gasteiger charge is -2.10. The molecule has 0 aromatic heterocycles. The number of hydrogen-bond acceptors (Lipinski definition) is 2. The summed E-state index contributed by atoms with van der Waals surface area (Å²) in [6.07, 6.45) is 0.428. The van der Waals surface area contributed by atoms with Gasteiger partial charge in [0, 0.05) is 6.42 Å². The number of primary amides is 1. The van der Waals surface area contributed by atoms with Gasteiger partial charge in [-0.1, -0.05) is 13.8 Å². The molecule has 4 heteroatoms. The van der Waals surface area contributed by atoms with E-state index in [0.717, 1.165) is 0 Å². The molecule has 3 N–H and O–H groups in total. The fraction of sp³-hybridized carbons (Fsp3) is 0.750. The molecule has 0 bridgehead atoms. The average Bonchev–Trinajstić information content (AvgIpc) is 1.84. The highest BCUT2D eigenvalue weighted by Gasteiger charge is 2.12. The molecule has 0 rings (SSSR count). The fourth-order valence-corrected chi connectivity index (χ4v) is 0.742. The smallest absolute Gasteiger partial charge is 0.239 e. The molecular weight excluding hydrogens is 156 g/mol. The predicted molar refractivity (Wildman–Crippen MR) is 46.3 cm³/mol. The van der Waals surface area contributed by atoms with Crippen LogP contribution in [0.25, 0.3) is 0 Å². The van der Waals surface area contributed by atoms with Crippen molar-refractivity contribution >= 4 is 11.8 Å². The highest BCUT2D eigenvalue weighted by molar-refractivity contribution is 5.86. The summed E-state index contributed by atoms with van der Waals surface area (Å²) in [5.41, 5.74) is 4.96. The number of carbonyl (C=O) groups excluding carboxylic acids is 2. The van der Waals surface area contributed by atoms with Crippen molar-refractivity contribution in [3.8, 4) is 0 Å². The summed E-state index contributed by atoms with van der Waals surface area (Å²) in [6, 6.07) is -0.573. The lowest BCUT2D eigenvalue weighted by Crippen LogP contribution is -2.42. The zero-order valence-corrected chi connectivity index (χ0v) is 7.76. The lowest BCUT2D eigenvalue weighted by atomic mass is 10.1. The van der Waals surface area contributed by atoms with Crippen LogP contribution < -0.4 is 11.1 Å². The number of carbonyl (C=O) groups is 2. The summed E-state index contributed by atoms with van der Waals surface area (Å²) >= 11 is 0. The summed E-state index contributed by atoms with van der Waals surface area (Å²) < 4.78 is 0. The number of nitrogens with two attached hydrogens (primary N) is 1. The van der Waals surface area contributed by atoms with E-state index in [2.05, 4.69) is 5.32 Å². The van der Waals surface area contributed by atoms with Crippen molar-refractivity contribution in [3.63, 3.8) is 0 Å². The van der Waals surface area contributed by atoms with E-state index in [9.17, 15) is 9.59 Å². The molecule has 0 radical (unpaired) electrons.